The van der Waals surface area contributed by atoms with E-state index in [1.54, 1.807) is 30.3 Å². The number of sulfonamides is 1. The smallest absolute Gasteiger partial charge is 0.243 e. The van der Waals surface area contributed by atoms with E-state index in [9.17, 15) is 13.2 Å². The van der Waals surface area contributed by atoms with Gasteiger partial charge in [0.05, 0.1) is 10.8 Å². The molecule has 1 unspecified atom stereocenters. The summed E-state index contributed by atoms with van der Waals surface area (Å²) in [4.78, 5) is 15.3. The summed E-state index contributed by atoms with van der Waals surface area (Å²) in [5.74, 6) is -0.181. The number of carbonyl (C=O) groups excluding carboxylic acids is 1. The number of fused-ring (bicyclic) bond motifs is 1. The molecule has 5 nitrogen and oxygen atoms in total. The zero-order valence-electron chi connectivity index (χ0n) is 15.3. The van der Waals surface area contributed by atoms with Crippen LogP contribution in [0.3, 0.4) is 0 Å². The van der Waals surface area contributed by atoms with Crippen molar-refractivity contribution in [2.75, 3.05) is 19.6 Å². The number of piperidine rings is 1. The quantitative estimate of drug-likeness (QED) is 0.818. The second-order valence-corrected chi connectivity index (χ2v) is 9.23. The van der Waals surface area contributed by atoms with Gasteiger partial charge in [0, 0.05) is 26.2 Å². The fourth-order valence-corrected chi connectivity index (χ4v) is 5.59. The molecule has 6 heteroatoms. The molecule has 2 aliphatic rings. The summed E-state index contributed by atoms with van der Waals surface area (Å²) in [6.07, 6.45) is 2.32. The third-order valence-corrected chi connectivity index (χ3v) is 7.44. The third-order valence-electron chi connectivity index (χ3n) is 5.56. The van der Waals surface area contributed by atoms with E-state index in [4.69, 9.17) is 0 Å². The van der Waals surface area contributed by atoms with Crippen LogP contribution in [0, 0.1) is 5.92 Å². The van der Waals surface area contributed by atoms with Gasteiger partial charge in [0.2, 0.25) is 15.9 Å². The van der Waals surface area contributed by atoms with E-state index in [1.165, 1.54) is 15.4 Å². The predicted molar refractivity (Wildman–Crippen MR) is 103 cm³/mol. The summed E-state index contributed by atoms with van der Waals surface area (Å²) in [5.41, 5.74) is 2.50. The molecule has 1 atom stereocenters. The predicted octanol–water partition coefficient (Wildman–Crippen LogP) is 2.67. The maximum absolute atomic E-state index is 13.1. The molecule has 1 saturated heterocycles. The molecule has 0 aromatic heterocycles. The minimum atomic E-state index is -3.55. The van der Waals surface area contributed by atoms with E-state index >= 15 is 0 Å². The Labute approximate surface area is 160 Å². The van der Waals surface area contributed by atoms with E-state index in [-0.39, 0.29) is 18.4 Å². The van der Waals surface area contributed by atoms with Crippen molar-refractivity contribution in [2.45, 2.75) is 30.7 Å². The summed E-state index contributed by atoms with van der Waals surface area (Å²) in [7, 11) is -3.55. The average molecular weight is 385 g/mol. The largest absolute Gasteiger partial charge is 0.338 e. The Morgan fingerprint density at radius 3 is 2.41 bits per heavy atom. The Morgan fingerprint density at radius 1 is 0.926 bits per heavy atom. The molecule has 2 aromatic rings. The van der Waals surface area contributed by atoms with Gasteiger partial charge in [-0.15, -0.1) is 0 Å². The van der Waals surface area contributed by atoms with Gasteiger partial charge in [0.1, 0.15) is 0 Å². The van der Waals surface area contributed by atoms with E-state index in [0.29, 0.717) is 31.0 Å². The molecule has 1 fully saturated rings. The van der Waals surface area contributed by atoms with Crippen molar-refractivity contribution >= 4 is 15.9 Å². The molecule has 1 amide bonds. The van der Waals surface area contributed by atoms with Crippen molar-refractivity contribution in [1.82, 2.24) is 9.21 Å². The van der Waals surface area contributed by atoms with Crippen molar-refractivity contribution in [2.24, 2.45) is 5.92 Å². The first-order chi connectivity index (χ1) is 13.1. The average Bonchev–Trinajstić information content (AvgIpc) is 2.73. The maximum atomic E-state index is 13.1. The molecule has 0 radical (unpaired) electrons. The molecule has 2 heterocycles. The van der Waals surface area contributed by atoms with Crippen LogP contribution < -0.4 is 0 Å². The number of amides is 1. The highest BCUT2D eigenvalue weighted by Crippen LogP contribution is 2.27. The van der Waals surface area contributed by atoms with Crippen molar-refractivity contribution in [3.63, 3.8) is 0 Å². The molecule has 0 N–H and O–H groups in total. The number of carbonyl (C=O) groups is 1. The summed E-state index contributed by atoms with van der Waals surface area (Å²) in [5, 5.41) is 0. The molecular weight excluding hydrogens is 360 g/mol. The first kappa shape index (κ1) is 18.2. The Morgan fingerprint density at radius 2 is 1.63 bits per heavy atom. The Hall–Kier alpha value is -2.18. The van der Waals surface area contributed by atoms with Gasteiger partial charge in [0.25, 0.3) is 0 Å². The molecule has 0 saturated carbocycles. The molecule has 27 heavy (non-hydrogen) atoms. The van der Waals surface area contributed by atoms with Crippen LogP contribution in [-0.4, -0.2) is 43.2 Å². The molecule has 0 spiro atoms. The van der Waals surface area contributed by atoms with Gasteiger partial charge in [-0.3, -0.25) is 4.79 Å². The minimum Gasteiger partial charge on any atom is -0.338 e. The first-order valence-electron chi connectivity index (χ1n) is 9.46. The minimum absolute atomic E-state index is 0.0810. The SMILES string of the molecule is O=C(C1CCCN(S(=O)(=O)c2ccccc2)C1)N1CCc2ccccc2C1. The Balaban J connectivity index is 1.48. The van der Waals surface area contributed by atoms with Crippen LogP contribution in [0.25, 0.3) is 0 Å². The Bertz CT molecular complexity index is 927. The maximum Gasteiger partial charge on any atom is 0.243 e. The second-order valence-electron chi connectivity index (χ2n) is 7.29. The number of nitrogens with zero attached hydrogens (tertiary/aromatic N) is 2. The van der Waals surface area contributed by atoms with Crippen molar-refractivity contribution in [1.29, 1.82) is 0 Å². The van der Waals surface area contributed by atoms with Crippen LogP contribution in [0.1, 0.15) is 24.0 Å². The molecule has 2 aromatic carbocycles. The topological polar surface area (TPSA) is 57.7 Å². The lowest BCUT2D eigenvalue weighted by Crippen LogP contribution is -2.47. The highest BCUT2D eigenvalue weighted by molar-refractivity contribution is 7.89. The van der Waals surface area contributed by atoms with Gasteiger partial charge in [-0.25, -0.2) is 8.42 Å². The molecule has 142 valence electrons. The van der Waals surface area contributed by atoms with Gasteiger partial charge in [0.15, 0.2) is 0 Å². The van der Waals surface area contributed by atoms with Crippen LogP contribution in [0.15, 0.2) is 59.5 Å². The first-order valence-corrected chi connectivity index (χ1v) is 10.9. The Kier molecular flexibility index (Phi) is 5.02. The molecule has 4 rings (SSSR count). The van der Waals surface area contributed by atoms with E-state index in [2.05, 4.69) is 12.1 Å². The highest BCUT2D eigenvalue weighted by Gasteiger charge is 2.35. The van der Waals surface area contributed by atoms with Crippen molar-refractivity contribution < 1.29 is 13.2 Å². The second kappa shape index (κ2) is 7.44. The lowest BCUT2D eigenvalue weighted by Gasteiger charge is -2.36. The van der Waals surface area contributed by atoms with E-state index in [0.717, 1.165) is 12.8 Å². The summed E-state index contributed by atoms with van der Waals surface area (Å²) in [6.45, 7) is 2.08. The third kappa shape index (κ3) is 3.64. The standard InChI is InChI=1S/C21H24N2O3S/c24-21(22-14-12-17-7-4-5-8-18(17)15-22)19-9-6-13-23(16-19)27(25,26)20-10-2-1-3-11-20/h1-5,7-8,10-11,19H,6,9,12-16H2. The summed E-state index contributed by atoms with van der Waals surface area (Å²) < 4.78 is 27.3. The normalized spacial score (nSPS) is 20.9. The molecule has 0 aliphatic carbocycles. The number of hydrogen-bond donors (Lipinski definition) is 0. The summed E-state index contributed by atoms with van der Waals surface area (Å²) >= 11 is 0. The van der Waals surface area contributed by atoms with Crippen LogP contribution in [0.2, 0.25) is 0 Å². The van der Waals surface area contributed by atoms with Crippen LogP contribution in [0.4, 0.5) is 0 Å². The van der Waals surface area contributed by atoms with Gasteiger partial charge < -0.3 is 4.90 Å². The molecule has 0 bridgehead atoms. The molecular formula is C21H24N2O3S. The highest BCUT2D eigenvalue weighted by atomic mass is 32.2. The zero-order valence-corrected chi connectivity index (χ0v) is 16.1. The lowest BCUT2D eigenvalue weighted by atomic mass is 9.95. The van der Waals surface area contributed by atoms with Gasteiger partial charge in [-0.1, -0.05) is 42.5 Å². The van der Waals surface area contributed by atoms with Gasteiger partial charge >= 0.3 is 0 Å². The lowest BCUT2D eigenvalue weighted by molar-refractivity contribution is -0.137. The number of hydrogen-bond acceptors (Lipinski definition) is 3. The van der Waals surface area contributed by atoms with E-state index < -0.39 is 10.0 Å². The number of rotatable bonds is 3. The van der Waals surface area contributed by atoms with Crippen molar-refractivity contribution in [3.8, 4) is 0 Å². The van der Waals surface area contributed by atoms with Crippen LogP contribution in [0.5, 0.6) is 0 Å². The van der Waals surface area contributed by atoms with Crippen LogP contribution >= 0.6 is 0 Å². The van der Waals surface area contributed by atoms with Gasteiger partial charge in [-0.05, 0) is 42.5 Å². The van der Waals surface area contributed by atoms with Crippen LogP contribution in [-0.2, 0) is 27.8 Å². The monoisotopic (exact) mass is 384 g/mol. The molecule has 2 aliphatic heterocycles. The fraction of sp³-hybridized carbons (Fsp3) is 0.381. The summed E-state index contributed by atoms with van der Waals surface area (Å²) in [6, 6.07) is 16.7. The van der Waals surface area contributed by atoms with Gasteiger partial charge in [-0.2, -0.15) is 4.31 Å². The number of benzene rings is 2. The fourth-order valence-electron chi connectivity index (χ4n) is 4.05. The zero-order chi connectivity index (χ0) is 18.9. The van der Waals surface area contributed by atoms with Crippen molar-refractivity contribution in [3.05, 3.63) is 65.7 Å². The van der Waals surface area contributed by atoms with E-state index in [1.807, 2.05) is 17.0 Å².